The van der Waals surface area contributed by atoms with Crippen LogP contribution in [0.25, 0.3) is 26.7 Å². The Hall–Kier alpha value is -4.82. The highest BCUT2D eigenvalue weighted by atomic mass is 32.1. The van der Waals surface area contributed by atoms with Gasteiger partial charge in [-0.1, -0.05) is 65.9 Å². The Morgan fingerprint density at radius 1 is 0.974 bits per heavy atom. The molecule has 0 saturated heterocycles. The predicted molar refractivity (Wildman–Crippen MR) is 152 cm³/mol. The van der Waals surface area contributed by atoms with Gasteiger partial charge in [-0.2, -0.15) is 0 Å². The molecule has 3 aromatic carbocycles. The van der Waals surface area contributed by atoms with Gasteiger partial charge in [-0.15, -0.1) is 16.4 Å². The number of rotatable bonds is 7. The van der Waals surface area contributed by atoms with Crippen LogP contribution < -0.4 is 5.32 Å². The Balaban J connectivity index is 1.38. The zero-order valence-electron chi connectivity index (χ0n) is 21.0. The number of hydrogen-bond donors (Lipinski definition) is 2. The highest BCUT2D eigenvalue weighted by Gasteiger charge is 2.21. The second-order valence-corrected chi connectivity index (χ2v) is 10.4. The quantitative estimate of drug-likeness (QED) is 0.248. The van der Waals surface area contributed by atoms with E-state index in [9.17, 15) is 14.7 Å². The minimum absolute atomic E-state index is 0.200. The van der Waals surface area contributed by atoms with Crippen LogP contribution in [-0.4, -0.2) is 31.8 Å². The second kappa shape index (κ2) is 10.2. The number of hydrogen-bond acceptors (Lipinski definition) is 5. The Morgan fingerprint density at radius 2 is 1.77 bits per heavy atom. The fourth-order valence-electron chi connectivity index (χ4n) is 4.77. The molecule has 8 heteroatoms. The third-order valence-corrected chi connectivity index (χ3v) is 7.74. The lowest BCUT2D eigenvalue weighted by molar-refractivity contribution is 0.0696. The van der Waals surface area contributed by atoms with Crippen molar-refractivity contribution in [3.63, 3.8) is 0 Å². The van der Waals surface area contributed by atoms with Crippen LogP contribution in [0.4, 0.5) is 0 Å². The summed E-state index contributed by atoms with van der Waals surface area (Å²) in [5.41, 5.74) is 4.82. The number of carboxylic acid groups (broad SMARTS) is 1. The number of fused-ring (bicyclic) bond motifs is 2. The summed E-state index contributed by atoms with van der Waals surface area (Å²) in [5, 5.41) is 25.5. The standard InChI is InChI=1S/C31H24N4O3S/c1-19(21-10-12-23(13-11-21)31(37)38)32-30(36)26-17-25(28-7-4-14-39-28)18-35-29(26)27(33-34-35)16-20-8-9-22-5-2-3-6-24(22)15-20/h2-15,17-19H,16H2,1H3,(H,32,36)(H,37,38)/t19-/m0/s1. The molecule has 2 N–H and O–H groups in total. The molecule has 6 aromatic rings. The van der Waals surface area contributed by atoms with E-state index >= 15 is 0 Å². The van der Waals surface area contributed by atoms with Crippen LogP contribution in [0.1, 0.15) is 50.5 Å². The molecule has 6 rings (SSSR count). The molecule has 0 aliphatic heterocycles. The van der Waals surface area contributed by atoms with Gasteiger partial charge in [0, 0.05) is 23.1 Å². The van der Waals surface area contributed by atoms with Crippen molar-refractivity contribution in [2.75, 3.05) is 0 Å². The Labute approximate surface area is 228 Å². The van der Waals surface area contributed by atoms with E-state index in [-0.39, 0.29) is 17.5 Å². The number of thiophene rings is 1. The summed E-state index contributed by atoms with van der Waals surface area (Å²) in [7, 11) is 0. The molecule has 0 radical (unpaired) electrons. The van der Waals surface area contributed by atoms with Gasteiger partial charge in [0.2, 0.25) is 0 Å². The van der Waals surface area contributed by atoms with Gasteiger partial charge in [0.1, 0.15) is 5.52 Å². The van der Waals surface area contributed by atoms with Gasteiger partial charge in [0.05, 0.1) is 22.9 Å². The SMILES string of the molecule is C[C@H](NC(=O)c1cc(-c2cccs2)cn2nnc(Cc3ccc4ccccc4c3)c12)c1ccc(C(=O)O)cc1. The van der Waals surface area contributed by atoms with Crippen molar-refractivity contribution in [2.45, 2.75) is 19.4 Å². The maximum Gasteiger partial charge on any atom is 0.335 e. The lowest BCUT2D eigenvalue weighted by atomic mass is 10.0. The molecule has 39 heavy (non-hydrogen) atoms. The van der Waals surface area contributed by atoms with Crippen molar-refractivity contribution in [2.24, 2.45) is 0 Å². The van der Waals surface area contributed by atoms with E-state index in [0.717, 1.165) is 27.0 Å². The zero-order valence-corrected chi connectivity index (χ0v) is 21.9. The van der Waals surface area contributed by atoms with Crippen molar-refractivity contribution in [1.82, 2.24) is 20.1 Å². The maximum atomic E-state index is 13.7. The van der Waals surface area contributed by atoms with Crippen molar-refractivity contribution in [3.8, 4) is 10.4 Å². The summed E-state index contributed by atoms with van der Waals surface area (Å²) < 4.78 is 1.69. The fraction of sp³-hybridized carbons (Fsp3) is 0.0968. The molecular weight excluding hydrogens is 508 g/mol. The van der Waals surface area contributed by atoms with Crippen molar-refractivity contribution >= 4 is 39.5 Å². The third-order valence-electron chi connectivity index (χ3n) is 6.82. The average Bonchev–Trinajstić information content (AvgIpc) is 3.63. The first-order valence-electron chi connectivity index (χ1n) is 12.5. The number of pyridine rings is 1. The smallest absolute Gasteiger partial charge is 0.335 e. The molecule has 0 unspecified atom stereocenters. The Bertz CT molecular complexity index is 1820. The summed E-state index contributed by atoms with van der Waals surface area (Å²) in [4.78, 5) is 26.0. The average molecular weight is 533 g/mol. The minimum atomic E-state index is -0.988. The molecule has 0 bridgehead atoms. The van der Waals surface area contributed by atoms with E-state index in [1.165, 1.54) is 5.39 Å². The number of nitrogens with one attached hydrogen (secondary N) is 1. The highest BCUT2D eigenvalue weighted by molar-refractivity contribution is 7.13. The van der Waals surface area contributed by atoms with Gasteiger partial charge in [0.15, 0.2) is 0 Å². The molecule has 3 aromatic heterocycles. The van der Waals surface area contributed by atoms with Gasteiger partial charge in [0.25, 0.3) is 5.91 Å². The molecular formula is C31H24N4O3S. The Kier molecular flexibility index (Phi) is 6.38. The summed E-state index contributed by atoms with van der Waals surface area (Å²) in [6.07, 6.45) is 2.43. The summed E-state index contributed by atoms with van der Waals surface area (Å²) >= 11 is 1.59. The number of aromatic carboxylic acids is 1. The van der Waals surface area contributed by atoms with Crippen LogP contribution in [0.5, 0.6) is 0 Å². The van der Waals surface area contributed by atoms with Crippen LogP contribution in [0, 0.1) is 0 Å². The van der Waals surface area contributed by atoms with Gasteiger partial charge < -0.3 is 10.4 Å². The van der Waals surface area contributed by atoms with E-state index < -0.39 is 5.97 Å². The van der Waals surface area contributed by atoms with Gasteiger partial charge in [-0.3, -0.25) is 4.79 Å². The van der Waals surface area contributed by atoms with Crippen LogP contribution >= 0.6 is 11.3 Å². The molecule has 0 fully saturated rings. The minimum Gasteiger partial charge on any atom is -0.478 e. The first-order valence-corrected chi connectivity index (χ1v) is 13.4. The van der Waals surface area contributed by atoms with E-state index in [0.29, 0.717) is 23.2 Å². The topological polar surface area (TPSA) is 96.6 Å². The number of benzene rings is 3. The van der Waals surface area contributed by atoms with E-state index in [2.05, 4.69) is 46.0 Å². The van der Waals surface area contributed by atoms with Crippen LogP contribution in [0.3, 0.4) is 0 Å². The number of carboxylic acids is 1. The number of carbonyl (C=O) groups is 2. The molecule has 192 valence electrons. The molecule has 0 saturated carbocycles. The van der Waals surface area contributed by atoms with Crippen LogP contribution in [-0.2, 0) is 6.42 Å². The first-order chi connectivity index (χ1) is 19.0. The van der Waals surface area contributed by atoms with Crippen LogP contribution in [0.2, 0.25) is 0 Å². The number of aromatic nitrogens is 3. The molecule has 3 heterocycles. The van der Waals surface area contributed by atoms with Gasteiger partial charge >= 0.3 is 5.97 Å². The van der Waals surface area contributed by atoms with E-state index in [4.69, 9.17) is 0 Å². The number of nitrogens with zero attached hydrogens (tertiary/aromatic N) is 3. The molecule has 1 amide bonds. The summed E-state index contributed by atoms with van der Waals surface area (Å²) in [6.45, 7) is 1.87. The van der Waals surface area contributed by atoms with Gasteiger partial charge in [-0.05, 0) is 58.5 Å². The zero-order chi connectivity index (χ0) is 26.9. The highest BCUT2D eigenvalue weighted by Crippen LogP contribution is 2.29. The summed E-state index contributed by atoms with van der Waals surface area (Å²) in [5.74, 6) is -1.24. The largest absolute Gasteiger partial charge is 0.478 e. The van der Waals surface area contributed by atoms with Crippen molar-refractivity contribution in [3.05, 3.63) is 124 Å². The van der Waals surface area contributed by atoms with E-state index in [1.807, 2.05) is 48.8 Å². The Morgan fingerprint density at radius 3 is 2.51 bits per heavy atom. The third kappa shape index (κ3) is 4.89. The fourth-order valence-corrected chi connectivity index (χ4v) is 5.48. The molecule has 0 aliphatic rings. The number of amides is 1. The van der Waals surface area contributed by atoms with Crippen LogP contribution in [0.15, 0.2) is 96.5 Å². The molecule has 7 nitrogen and oxygen atoms in total. The summed E-state index contributed by atoms with van der Waals surface area (Å²) in [6, 6.07) is 26.6. The molecule has 0 spiro atoms. The molecule has 0 aliphatic carbocycles. The number of carbonyl (C=O) groups excluding carboxylic acids is 1. The second-order valence-electron chi connectivity index (χ2n) is 9.43. The van der Waals surface area contributed by atoms with E-state index in [1.54, 1.807) is 40.1 Å². The monoisotopic (exact) mass is 532 g/mol. The normalized spacial score (nSPS) is 12.0. The van der Waals surface area contributed by atoms with Crippen molar-refractivity contribution in [1.29, 1.82) is 0 Å². The predicted octanol–water partition coefficient (Wildman–Crippen LogP) is 6.39. The first kappa shape index (κ1) is 24.5. The lowest BCUT2D eigenvalue weighted by Gasteiger charge is -2.16. The lowest BCUT2D eigenvalue weighted by Crippen LogP contribution is -2.27. The maximum absolute atomic E-state index is 13.7. The van der Waals surface area contributed by atoms with Gasteiger partial charge in [-0.25, -0.2) is 9.31 Å². The van der Waals surface area contributed by atoms with Crippen molar-refractivity contribution < 1.29 is 14.7 Å². The molecule has 1 atom stereocenters.